The van der Waals surface area contributed by atoms with Gasteiger partial charge >= 0.3 is 0 Å². The number of carbonyl (C=O) groups is 1. The number of nitrogens with one attached hydrogen (secondary N) is 1. The van der Waals surface area contributed by atoms with E-state index in [1.54, 1.807) is 0 Å². The van der Waals surface area contributed by atoms with Crippen molar-refractivity contribution in [3.63, 3.8) is 0 Å². The van der Waals surface area contributed by atoms with E-state index in [0.717, 1.165) is 6.42 Å². The van der Waals surface area contributed by atoms with E-state index in [4.69, 9.17) is 9.84 Å². The van der Waals surface area contributed by atoms with E-state index >= 15 is 0 Å². The zero-order chi connectivity index (χ0) is 11.5. The summed E-state index contributed by atoms with van der Waals surface area (Å²) in [6.07, 6.45) is 0.801. The molecule has 5 heteroatoms. The van der Waals surface area contributed by atoms with Crippen LogP contribution in [0.4, 0.5) is 0 Å². The van der Waals surface area contributed by atoms with Gasteiger partial charge in [0.1, 0.15) is 0 Å². The normalized spacial score (nSPS) is 19.6. The smallest absolute Gasteiger partial charge is 0.251 e. The summed E-state index contributed by atoms with van der Waals surface area (Å²) >= 11 is 0. The van der Waals surface area contributed by atoms with Crippen LogP contribution in [0.25, 0.3) is 0 Å². The number of aromatic hydroxyl groups is 2. The summed E-state index contributed by atoms with van der Waals surface area (Å²) in [6, 6.07) is 4.01. The molecule has 86 valence electrons. The number of phenolic OH excluding ortho intramolecular Hbond substituents is 2. The van der Waals surface area contributed by atoms with Gasteiger partial charge in [-0.2, -0.15) is 0 Å². The molecule has 0 bridgehead atoms. The Hall–Kier alpha value is -1.75. The molecule has 1 saturated heterocycles. The lowest BCUT2D eigenvalue weighted by atomic mass is 10.1. The lowest BCUT2D eigenvalue weighted by Crippen LogP contribution is -2.34. The van der Waals surface area contributed by atoms with Crippen molar-refractivity contribution < 1.29 is 19.7 Å². The Bertz CT molecular complexity index is 399. The number of hydrogen-bond acceptors (Lipinski definition) is 4. The standard InChI is InChI=1S/C11H13NO4/c13-9-2-1-7(5-10(9)14)11(15)12-8-3-4-16-6-8/h1-2,5,8,13-14H,3-4,6H2,(H,12,15). The summed E-state index contributed by atoms with van der Waals surface area (Å²) in [6.45, 7) is 1.18. The lowest BCUT2D eigenvalue weighted by Gasteiger charge is -2.10. The third kappa shape index (κ3) is 2.25. The van der Waals surface area contributed by atoms with Crippen LogP contribution in [0.15, 0.2) is 18.2 Å². The monoisotopic (exact) mass is 223 g/mol. The van der Waals surface area contributed by atoms with Crippen LogP contribution in [0, 0.1) is 0 Å². The molecule has 1 aliphatic heterocycles. The minimum atomic E-state index is -0.296. The van der Waals surface area contributed by atoms with Crippen LogP contribution >= 0.6 is 0 Å². The van der Waals surface area contributed by atoms with Gasteiger partial charge in [0.25, 0.3) is 5.91 Å². The van der Waals surface area contributed by atoms with Crippen LogP contribution < -0.4 is 5.32 Å². The molecule has 2 rings (SSSR count). The lowest BCUT2D eigenvalue weighted by molar-refractivity contribution is 0.0929. The van der Waals surface area contributed by atoms with Crippen molar-refractivity contribution in [3.8, 4) is 11.5 Å². The first kappa shape index (κ1) is 10.8. The van der Waals surface area contributed by atoms with Crippen molar-refractivity contribution in [3.05, 3.63) is 23.8 Å². The predicted octanol–water partition coefficient (Wildman–Crippen LogP) is 0.616. The average molecular weight is 223 g/mol. The molecular formula is C11H13NO4. The molecule has 1 atom stereocenters. The van der Waals surface area contributed by atoms with E-state index in [1.165, 1.54) is 18.2 Å². The van der Waals surface area contributed by atoms with Crippen LogP contribution in [0.2, 0.25) is 0 Å². The zero-order valence-electron chi connectivity index (χ0n) is 8.64. The SMILES string of the molecule is O=C(NC1CCOC1)c1ccc(O)c(O)c1. The number of amides is 1. The quantitative estimate of drug-likeness (QED) is 0.642. The molecule has 3 N–H and O–H groups in total. The molecule has 0 spiro atoms. The highest BCUT2D eigenvalue weighted by atomic mass is 16.5. The Labute approximate surface area is 92.7 Å². The number of carbonyl (C=O) groups excluding carboxylic acids is 1. The highest BCUT2D eigenvalue weighted by molar-refractivity contribution is 5.95. The number of benzene rings is 1. The van der Waals surface area contributed by atoms with Crippen molar-refractivity contribution in [2.75, 3.05) is 13.2 Å². The molecular weight excluding hydrogens is 210 g/mol. The van der Waals surface area contributed by atoms with Crippen molar-refractivity contribution in [1.82, 2.24) is 5.32 Å². The maximum Gasteiger partial charge on any atom is 0.251 e. The summed E-state index contributed by atoms with van der Waals surface area (Å²) < 4.78 is 5.13. The molecule has 5 nitrogen and oxygen atoms in total. The predicted molar refractivity (Wildman–Crippen MR) is 56.5 cm³/mol. The topological polar surface area (TPSA) is 78.8 Å². The molecule has 0 saturated carbocycles. The first-order chi connectivity index (χ1) is 7.66. The summed E-state index contributed by atoms with van der Waals surface area (Å²) in [5, 5.41) is 21.1. The Morgan fingerprint density at radius 1 is 1.38 bits per heavy atom. The van der Waals surface area contributed by atoms with E-state index in [-0.39, 0.29) is 23.4 Å². The fourth-order valence-electron chi connectivity index (χ4n) is 1.58. The molecule has 1 heterocycles. The molecule has 1 fully saturated rings. The van der Waals surface area contributed by atoms with Crippen molar-refractivity contribution in [2.45, 2.75) is 12.5 Å². The van der Waals surface area contributed by atoms with Gasteiger partial charge in [0.2, 0.25) is 0 Å². The molecule has 0 aliphatic carbocycles. The van der Waals surface area contributed by atoms with Crippen LogP contribution in [0.1, 0.15) is 16.8 Å². The molecule has 0 radical (unpaired) electrons. The van der Waals surface area contributed by atoms with E-state index in [1.807, 2.05) is 0 Å². The molecule has 16 heavy (non-hydrogen) atoms. The van der Waals surface area contributed by atoms with Crippen molar-refractivity contribution in [2.24, 2.45) is 0 Å². The average Bonchev–Trinajstić information content (AvgIpc) is 2.74. The number of ether oxygens (including phenoxy) is 1. The molecule has 1 aliphatic rings. The molecule has 0 aromatic heterocycles. The number of rotatable bonds is 2. The number of hydrogen-bond donors (Lipinski definition) is 3. The van der Waals surface area contributed by atoms with Gasteiger partial charge in [0, 0.05) is 12.2 Å². The van der Waals surface area contributed by atoms with Gasteiger partial charge in [-0.25, -0.2) is 0 Å². The fraction of sp³-hybridized carbons (Fsp3) is 0.364. The van der Waals surface area contributed by atoms with E-state index < -0.39 is 0 Å². The molecule has 1 aromatic rings. The second-order valence-corrected chi connectivity index (χ2v) is 3.74. The summed E-state index contributed by atoms with van der Waals surface area (Å²) in [7, 11) is 0. The molecule has 1 aromatic carbocycles. The second kappa shape index (κ2) is 4.40. The van der Waals surface area contributed by atoms with E-state index in [9.17, 15) is 9.90 Å². The fourth-order valence-corrected chi connectivity index (χ4v) is 1.58. The van der Waals surface area contributed by atoms with E-state index in [2.05, 4.69) is 5.32 Å². The highest BCUT2D eigenvalue weighted by Crippen LogP contribution is 2.24. The summed E-state index contributed by atoms with van der Waals surface area (Å²) in [5.41, 5.74) is 0.321. The third-order valence-corrected chi connectivity index (χ3v) is 2.50. The first-order valence-corrected chi connectivity index (χ1v) is 5.07. The van der Waals surface area contributed by atoms with E-state index in [0.29, 0.717) is 18.8 Å². The van der Waals surface area contributed by atoms with Crippen LogP contribution in [-0.2, 0) is 4.74 Å². The summed E-state index contributed by atoms with van der Waals surface area (Å²) in [4.78, 5) is 11.7. The highest BCUT2D eigenvalue weighted by Gasteiger charge is 2.18. The van der Waals surface area contributed by atoms with Crippen LogP contribution in [-0.4, -0.2) is 35.4 Å². The van der Waals surface area contributed by atoms with Crippen LogP contribution in [0.3, 0.4) is 0 Å². The minimum Gasteiger partial charge on any atom is -0.504 e. The van der Waals surface area contributed by atoms with Crippen molar-refractivity contribution >= 4 is 5.91 Å². The maximum atomic E-state index is 11.7. The second-order valence-electron chi connectivity index (χ2n) is 3.74. The zero-order valence-corrected chi connectivity index (χ0v) is 8.64. The maximum absolute atomic E-state index is 11.7. The van der Waals surface area contributed by atoms with Crippen LogP contribution in [0.5, 0.6) is 11.5 Å². The number of phenols is 2. The Balaban J connectivity index is 2.05. The largest absolute Gasteiger partial charge is 0.504 e. The minimum absolute atomic E-state index is 0.0310. The Morgan fingerprint density at radius 2 is 2.19 bits per heavy atom. The van der Waals surface area contributed by atoms with Crippen molar-refractivity contribution in [1.29, 1.82) is 0 Å². The first-order valence-electron chi connectivity index (χ1n) is 5.07. The summed E-state index contributed by atoms with van der Waals surface area (Å²) in [5.74, 6) is -0.804. The Kier molecular flexibility index (Phi) is 2.96. The van der Waals surface area contributed by atoms with Gasteiger partial charge in [-0.3, -0.25) is 4.79 Å². The molecule has 1 unspecified atom stereocenters. The molecule has 1 amide bonds. The van der Waals surface area contributed by atoms with Gasteiger partial charge in [-0.05, 0) is 24.6 Å². The van der Waals surface area contributed by atoms with Gasteiger partial charge in [0.15, 0.2) is 11.5 Å². The van der Waals surface area contributed by atoms with Gasteiger partial charge < -0.3 is 20.3 Å². The van der Waals surface area contributed by atoms with Gasteiger partial charge in [-0.15, -0.1) is 0 Å². The Morgan fingerprint density at radius 3 is 2.81 bits per heavy atom. The van der Waals surface area contributed by atoms with Gasteiger partial charge in [-0.1, -0.05) is 0 Å². The third-order valence-electron chi connectivity index (χ3n) is 2.50. The van der Waals surface area contributed by atoms with Gasteiger partial charge in [0.05, 0.1) is 12.6 Å².